The number of sulfonamides is 1. The maximum Gasteiger partial charge on any atom is 0.245 e. The molecule has 1 aliphatic rings. The van der Waals surface area contributed by atoms with Crippen molar-refractivity contribution < 1.29 is 17.9 Å². The van der Waals surface area contributed by atoms with Crippen LogP contribution in [-0.4, -0.2) is 38.7 Å². The molecule has 0 saturated carbocycles. The second-order valence-corrected chi connectivity index (χ2v) is 5.88. The normalized spacial score (nSPS) is 21.1. The van der Waals surface area contributed by atoms with Gasteiger partial charge in [0.05, 0.1) is 18.1 Å². The summed E-state index contributed by atoms with van der Waals surface area (Å²) in [6, 6.07) is 6.45. The van der Waals surface area contributed by atoms with E-state index in [1.54, 1.807) is 31.2 Å². The first-order chi connectivity index (χ1) is 8.55. The van der Waals surface area contributed by atoms with Crippen LogP contribution in [0.2, 0.25) is 0 Å². The van der Waals surface area contributed by atoms with E-state index in [0.29, 0.717) is 25.5 Å². The Hall–Kier alpha value is -1.11. The van der Waals surface area contributed by atoms with E-state index in [-0.39, 0.29) is 4.90 Å². The van der Waals surface area contributed by atoms with Crippen LogP contribution >= 0.6 is 0 Å². The second-order valence-electron chi connectivity index (χ2n) is 3.99. The lowest BCUT2D eigenvalue weighted by Crippen LogP contribution is -2.34. The van der Waals surface area contributed by atoms with Gasteiger partial charge in [0.25, 0.3) is 0 Å². The van der Waals surface area contributed by atoms with Gasteiger partial charge in [-0.15, -0.1) is 0 Å². The summed E-state index contributed by atoms with van der Waals surface area (Å²) in [5.41, 5.74) is 0. The zero-order valence-corrected chi connectivity index (χ0v) is 11.3. The molecule has 0 aliphatic carbocycles. The van der Waals surface area contributed by atoms with Gasteiger partial charge >= 0.3 is 0 Å². The number of ether oxygens (including phenoxy) is 2. The van der Waals surface area contributed by atoms with Gasteiger partial charge in [0.1, 0.15) is 12.0 Å². The van der Waals surface area contributed by atoms with E-state index in [1.165, 1.54) is 4.31 Å². The highest BCUT2D eigenvalue weighted by Crippen LogP contribution is 2.23. The van der Waals surface area contributed by atoms with Crippen molar-refractivity contribution in [3.63, 3.8) is 0 Å². The van der Waals surface area contributed by atoms with Gasteiger partial charge in [-0.3, -0.25) is 0 Å². The molecule has 1 aliphatic heterocycles. The minimum absolute atomic E-state index is 0.267. The smallest absolute Gasteiger partial charge is 0.245 e. The van der Waals surface area contributed by atoms with Crippen molar-refractivity contribution >= 4 is 10.0 Å². The van der Waals surface area contributed by atoms with Gasteiger partial charge in [0.2, 0.25) is 10.0 Å². The Labute approximate surface area is 107 Å². The highest BCUT2D eigenvalue weighted by molar-refractivity contribution is 7.89. The van der Waals surface area contributed by atoms with E-state index in [2.05, 4.69) is 0 Å². The SMILES string of the molecule is CCOc1ccc(S(=O)(=O)N2CCOC2C)cc1. The van der Waals surface area contributed by atoms with Crippen LogP contribution in [0.1, 0.15) is 13.8 Å². The van der Waals surface area contributed by atoms with E-state index in [0.717, 1.165) is 0 Å². The lowest BCUT2D eigenvalue weighted by molar-refractivity contribution is 0.0846. The minimum atomic E-state index is -3.47. The van der Waals surface area contributed by atoms with Crippen molar-refractivity contribution in [3.8, 4) is 5.75 Å². The molecule has 100 valence electrons. The summed E-state index contributed by atoms with van der Waals surface area (Å²) in [6.07, 6.45) is -0.401. The summed E-state index contributed by atoms with van der Waals surface area (Å²) >= 11 is 0. The van der Waals surface area contributed by atoms with Crippen LogP contribution in [0.3, 0.4) is 0 Å². The number of nitrogens with zero attached hydrogens (tertiary/aromatic N) is 1. The van der Waals surface area contributed by atoms with E-state index < -0.39 is 16.3 Å². The molecule has 0 spiro atoms. The molecule has 1 aromatic carbocycles. The maximum atomic E-state index is 12.3. The number of benzene rings is 1. The van der Waals surface area contributed by atoms with E-state index in [4.69, 9.17) is 9.47 Å². The predicted molar refractivity (Wildman–Crippen MR) is 66.9 cm³/mol. The largest absolute Gasteiger partial charge is 0.494 e. The van der Waals surface area contributed by atoms with Gasteiger partial charge in [-0.1, -0.05) is 0 Å². The Bertz CT molecular complexity index is 497. The first-order valence-corrected chi connectivity index (χ1v) is 7.36. The van der Waals surface area contributed by atoms with Crippen LogP contribution in [0.25, 0.3) is 0 Å². The summed E-state index contributed by atoms with van der Waals surface area (Å²) in [7, 11) is -3.47. The fraction of sp³-hybridized carbons (Fsp3) is 0.500. The second kappa shape index (κ2) is 5.26. The first kappa shape index (κ1) is 13.3. The number of rotatable bonds is 4. The van der Waals surface area contributed by atoms with Gasteiger partial charge in [-0.25, -0.2) is 8.42 Å². The summed E-state index contributed by atoms with van der Waals surface area (Å²) in [5, 5.41) is 0. The summed E-state index contributed by atoms with van der Waals surface area (Å²) in [6.45, 7) is 5.02. The molecule has 0 bridgehead atoms. The van der Waals surface area contributed by atoms with Crippen molar-refractivity contribution in [2.75, 3.05) is 19.8 Å². The van der Waals surface area contributed by atoms with Crippen LogP contribution in [0, 0.1) is 0 Å². The molecular weight excluding hydrogens is 254 g/mol. The van der Waals surface area contributed by atoms with Crippen molar-refractivity contribution in [2.45, 2.75) is 25.0 Å². The average Bonchev–Trinajstić information content (AvgIpc) is 2.77. The van der Waals surface area contributed by atoms with E-state index >= 15 is 0 Å². The third-order valence-electron chi connectivity index (χ3n) is 2.82. The standard InChI is InChI=1S/C12H17NO4S/c1-3-16-11-4-6-12(7-5-11)18(14,15)13-8-9-17-10(13)2/h4-7,10H,3,8-9H2,1-2H3. The summed E-state index contributed by atoms with van der Waals surface area (Å²) in [4.78, 5) is 0.267. The molecule has 1 atom stereocenters. The quantitative estimate of drug-likeness (QED) is 0.831. The van der Waals surface area contributed by atoms with Gasteiger partial charge < -0.3 is 9.47 Å². The van der Waals surface area contributed by atoms with Gasteiger partial charge in [0.15, 0.2) is 0 Å². The summed E-state index contributed by atoms with van der Waals surface area (Å²) < 4.78 is 36.5. The van der Waals surface area contributed by atoms with E-state index in [9.17, 15) is 8.42 Å². The Morgan fingerprint density at radius 2 is 2.06 bits per heavy atom. The fourth-order valence-corrected chi connectivity index (χ4v) is 3.42. The van der Waals surface area contributed by atoms with Gasteiger partial charge in [0, 0.05) is 6.54 Å². The third-order valence-corrected chi connectivity index (χ3v) is 4.78. The monoisotopic (exact) mass is 271 g/mol. The molecule has 1 heterocycles. The molecule has 1 unspecified atom stereocenters. The lowest BCUT2D eigenvalue weighted by atomic mass is 10.3. The third kappa shape index (κ3) is 2.50. The summed E-state index contributed by atoms with van der Waals surface area (Å²) in [5.74, 6) is 0.669. The molecule has 1 saturated heterocycles. The molecule has 6 heteroatoms. The highest BCUT2D eigenvalue weighted by Gasteiger charge is 2.33. The van der Waals surface area contributed by atoms with Crippen LogP contribution in [-0.2, 0) is 14.8 Å². The molecule has 18 heavy (non-hydrogen) atoms. The van der Waals surface area contributed by atoms with Crippen molar-refractivity contribution in [2.24, 2.45) is 0 Å². The Balaban J connectivity index is 2.24. The average molecular weight is 271 g/mol. The molecular formula is C12H17NO4S. The van der Waals surface area contributed by atoms with Crippen molar-refractivity contribution in [1.82, 2.24) is 4.31 Å². The molecule has 0 aromatic heterocycles. The highest BCUT2D eigenvalue weighted by atomic mass is 32.2. The fourth-order valence-electron chi connectivity index (χ4n) is 1.90. The molecule has 2 rings (SSSR count). The molecule has 1 aromatic rings. The van der Waals surface area contributed by atoms with E-state index in [1.807, 2.05) is 6.92 Å². The maximum absolute atomic E-state index is 12.3. The molecule has 0 N–H and O–H groups in total. The van der Waals surface area contributed by atoms with Crippen LogP contribution < -0.4 is 4.74 Å². The van der Waals surface area contributed by atoms with Crippen molar-refractivity contribution in [1.29, 1.82) is 0 Å². The molecule has 0 amide bonds. The first-order valence-electron chi connectivity index (χ1n) is 5.92. The zero-order valence-electron chi connectivity index (χ0n) is 10.5. The Morgan fingerprint density at radius 1 is 1.39 bits per heavy atom. The predicted octanol–water partition coefficient (Wildman–Crippen LogP) is 1.45. The zero-order chi connectivity index (χ0) is 13.2. The van der Waals surface area contributed by atoms with Crippen LogP contribution in [0.4, 0.5) is 0 Å². The van der Waals surface area contributed by atoms with Crippen LogP contribution in [0.5, 0.6) is 5.75 Å². The Kier molecular flexibility index (Phi) is 3.89. The number of hydrogen-bond acceptors (Lipinski definition) is 4. The topological polar surface area (TPSA) is 55.8 Å². The molecule has 1 fully saturated rings. The van der Waals surface area contributed by atoms with Crippen molar-refractivity contribution in [3.05, 3.63) is 24.3 Å². The Morgan fingerprint density at radius 3 is 2.56 bits per heavy atom. The number of hydrogen-bond donors (Lipinski definition) is 0. The van der Waals surface area contributed by atoms with Gasteiger partial charge in [-0.05, 0) is 38.1 Å². The van der Waals surface area contributed by atoms with Gasteiger partial charge in [-0.2, -0.15) is 4.31 Å². The van der Waals surface area contributed by atoms with Crippen LogP contribution in [0.15, 0.2) is 29.2 Å². The lowest BCUT2D eigenvalue weighted by Gasteiger charge is -2.19. The molecule has 0 radical (unpaired) electrons. The minimum Gasteiger partial charge on any atom is -0.494 e. The molecule has 5 nitrogen and oxygen atoms in total.